The van der Waals surface area contributed by atoms with Gasteiger partial charge >= 0.3 is 0 Å². The van der Waals surface area contributed by atoms with Crippen molar-refractivity contribution in [2.45, 2.75) is 38.8 Å². The van der Waals surface area contributed by atoms with Crippen LogP contribution >= 0.6 is 0 Å². The Balaban J connectivity index is 2.00. The Kier molecular flexibility index (Phi) is 2.46. The molecule has 0 saturated heterocycles. The zero-order valence-corrected chi connectivity index (χ0v) is 8.79. The van der Waals surface area contributed by atoms with Crippen LogP contribution in [0.2, 0.25) is 0 Å². The molecule has 2 nitrogen and oxygen atoms in total. The SMILES string of the molecule is Cc1ccc(OC2CC(N)C2)cc1C. The van der Waals surface area contributed by atoms with E-state index < -0.39 is 0 Å². The van der Waals surface area contributed by atoms with Crippen molar-refractivity contribution < 1.29 is 4.74 Å². The Labute approximate surface area is 85.1 Å². The number of aryl methyl sites for hydroxylation is 2. The van der Waals surface area contributed by atoms with Crippen molar-refractivity contribution in [3.05, 3.63) is 29.3 Å². The molecule has 2 rings (SSSR count). The van der Waals surface area contributed by atoms with Gasteiger partial charge in [-0.3, -0.25) is 0 Å². The number of hydrogen-bond acceptors (Lipinski definition) is 2. The van der Waals surface area contributed by atoms with Gasteiger partial charge in [0.05, 0.1) is 0 Å². The van der Waals surface area contributed by atoms with Gasteiger partial charge in [0.15, 0.2) is 0 Å². The van der Waals surface area contributed by atoms with Crippen LogP contribution in [0.4, 0.5) is 0 Å². The van der Waals surface area contributed by atoms with Crippen molar-refractivity contribution in [3.63, 3.8) is 0 Å². The van der Waals surface area contributed by atoms with Crippen LogP contribution in [0.25, 0.3) is 0 Å². The van der Waals surface area contributed by atoms with Crippen molar-refractivity contribution in [2.24, 2.45) is 5.73 Å². The lowest BCUT2D eigenvalue weighted by atomic mass is 9.90. The van der Waals surface area contributed by atoms with Gasteiger partial charge < -0.3 is 10.5 Å². The molecule has 2 N–H and O–H groups in total. The maximum atomic E-state index is 5.78. The highest BCUT2D eigenvalue weighted by molar-refractivity contribution is 5.34. The van der Waals surface area contributed by atoms with Gasteiger partial charge in [-0.15, -0.1) is 0 Å². The molecule has 76 valence electrons. The third kappa shape index (κ3) is 1.90. The Hall–Kier alpha value is -1.02. The first-order valence-electron chi connectivity index (χ1n) is 5.14. The number of benzene rings is 1. The lowest BCUT2D eigenvalue weighted by molar-refractivity contribution is 0.101. The van der Waals surface area contributed by atoms with Crippen LogP contribution in [-0.4, -0.2) is 12.1 Å². The van der Waals surface area contributed by atoms with E-state index in [4.69, 9.17) is 10.5 Å². The van der Waals surface area contributed by atoms with Gasteiger partial charge in [-0.2, -0.15) is 0 Å². The Morgan fingerprint density at radius 3 is 2.50 bits per heavy atom. The van der Waals surface area contributed by atoms with E-state index in [-0.39, 0.29) is 0 Å². The van der Waals surface area contributed by atoms with Crippen LogP contribution in [-0.2, 0) is 0 Å². The van der Waals surface area contributed by atoms with E-state index in [0.717, 1.165) is 18.6 Å². The molecule has 1 aliphatic carbocycles. The number of rotatable bonds is 2. The fourth-order valence-corrected chi connectivity index (χ4v) is 1.68. The fraction of sp³-hybridized carbons (Fsp3) is 0.500. The van der Waals surface area contributed by atoms with Crippen LogP contribution in [0.5, 0.6) is 5.75 Å². The average molecular weight is 191 g/mol. The monoisotopic (exact) mass is 191 g/mol. The Morgan fingerprint density at radius 2 is 1.93 bits per heavy atom. The molecule has 1 aliphatic rings. The summed E-state index contributed by atoms with van der Waals surface area (Å²) in [5.41, 5.74) is 8.29. The van der Waals surface area contributed by atoms with E-state index in [2.05, 4.69) is 26.0 Å². The molecule has 2 heteroatoms. The van der Waals surface area contributed by atoms with Gasteiger partial charge in [0.2, 0.25) is 0 Å². The largest absolute Gasteiger partial charge is 0.490 e. The maximum Gasteiger partial charge on any atom is 0.120 e. The summed E-state index contributed by atoms with van der Waals surface area (Å²) in [5, 5.41) is 0. The number of ether oxygens (including phenoxy) is 1. The minimum absolute atomic E-state index is 0.340. The summed E-state index contributed by atoms with van der Waals surface area (Å²) in [7, 11) is 0. The van der Waals surface area contributed by atoms with Gasteiger partial charge in [0, 0.05) is 6.04 Å². The molecule has 0 bridgehead atoms. The molecule has 1 fully saturated rings. The van der Waals surface area contributed by atoms with Crippen molar-refractivity contribution in [2.75, 3.05) is 0 Å². The van der Waals surface area contributed by atoms with Crippen LogP contribution in [0.3, 0.4) is 0 Å². The molecule has 1 aromatic rings. The lowest BCUT2D eigenvalue weighted by Gasteiger charge is -2.32. The standard InChI is InChI=1S/C12H17NO/c1-8-3-4-11(5-9(8)2)14-12-6-10(13)7-12/h3-5,10,12H,6-7,13H2,1-2H3. The molecule has 0 spiro atoms. The first-order chi connectivity index (χ1) is 6.65. The second-order valence-electron chi connectivity index (χ2n) is 4.22. The first kappa shape index (κ1) is 9.53. The molecule has 0 amide bonds. The highest BCUT2D eigenvalue weighted by atomic mass is 16.5. The molecular weight excluding hydrogens is 174 g/mol. The molecule has 1 aromatic carbocycles. The number of nitrogens with two attached hydrogens (primary N) is 1. The molecule has 0 atom stereocenters. The van der Waals surface area contributed by atoms with E-state index in [1.54, 1.807) is 0 Å². The van der Waals surface area contributed by atoms with E-state index in [0.29, 0.717) is 12.1 Å². The van der Waals surface area contributed by atoms with Crippen molar-refractivity contribution >= 4 is 0 Å². The van der Waals surface area contributed by atoms with E-state index in [9.17, 15) is 0 Å². The Bertz CT molecular complexity index is 329. The van der Waals surface area contributed by atoms with Crippen LogP contribution in [0.15, 0.2) is 18.2 Å². The molecule has 0 aromatic heterocycles. The summed E-state index contributed by atoms with van der Waals surface area (Å²) < 4.78 is 5.78. The molecule has 14 heavy (non-hydrogen) atoms. The van der Waals surface area contributed by atoms with Crippen molar-refractivity contribution in [1.82, 2.24) is 0 Å². The summed E-state index contributed by atoms with van der Waals surface area (Å²) in [6, 6.07) is 6.58. The predicted molar refractivity (Wildman–Crippen MR) is 57.5 cm³/mol. The van der Waals surface area contributed by atoms with Gasteiger partial charge in [-0.1, -0.05) is 6.07 Å². The van der Waals surface area contributed by atoms with Gasteiger partial charge in [0.25, 0.3) is 0 Å². The highest BCUT2D eigenvalue weighted by Gasteiger charge is 2.27. The smallest absolute Gasteiger partial charge is 0.120 e. The van der Waals surface area contributed by atoms with E-state index in [1.165, 1.54) is 11.1 Å². The molecule has 0 unspecified atom stereocenters. The van der Waals surface area contributed by atoms with Gasteiger partial charge in [-0.05, 0) is 49.9 Å². The molecular formula is C12H17NO. The van der Waals surface area contributed by atoms with Crippen LogP contribution < -0.4 is 10.5 Å². The Morgan fingerprint density at radius 1 is 1.21 bits per heavy atom. The van der Waals surface area contributed by atoms with E-state index in [1.807, 2.05) is 6.07 Å². The summed E-state index contributed by atoms with van der Waals surface area (Å²) in [5.74, 6) is 0.977. The van der Waals surface area contributed by atoms with Gasteiger partial charge in [0.1, 0.15) is 11.9 Å². The molecule has 0 heterocycles. The summed E-state index contributed by atoms with van der Waals surface area (Å²) >= 11 is 0. The zero-order valence-electron chi connectivity index (χ0n) is 8.79. The molecule has 0 radical (unpaired) electrons. The lowest BCUT2D eigenvalue weighted by Crippen LogP contribution is -2.43. The quantitative estimate of drug-likeness (QED) is 0.777. The summed E-state index contributed by atoms with van der Waals surface area (Å²) in [6.07, 6.45) is 2.33. The van der Waals surface area contributed by atoms with Crippen LogP contribution in [0.1, 0.15) is 24.0 Å². The second kappa shape index (κ2) is 3.62. The van der Waals surface area contributed by atoms with Gasteiger partial charge in [-0.25, -0.2) is 0 Å². The predicted octanol–water partition coefficient (Wildman–Crippen LogP) is 2.17. The minimum Gasteiger partial charge on any atom is -0.490 e. The third-order valence-electron chi connectivity index (χ3n) is 2.91. The van der Waals surface area contributed by atoms with Crippen molar-refractivity contribution in [1.29, 1.82) is 0 Å². The second-order valence-corrected chi connectivity index (χ2v) is 4.22. The summed E-state index contributed by atoms with van der Waals surface area (Å²) in [4.78, 5) is 0. The van der Waals surface area contributed by atoms with Crippen LogP contribution in [0, 0.1) is 13.8 Å². The average Bonchev–Trinajstić information content (AvgIpc) is 2.09. The zero-order chi connectivity index (χ0) is 10.1. The fourth-order valence-electron chi connectivity index (χ4n) is 1.68. The first-order valence-corrected chi connectivity index (χ1v) is 5.14. The summed E-state index contributed by atoms with van der Waals surface area (Å²) in [6.45, 7) is 4.22. The normalized spacial score (nSPS) is 25.6. The van der Waals surface area contributed by atoms with Crippen molar-refractivity contribution in [3.8, 4) is 5.75 Å². The third-order valence-corrected chi connectivity index (χ3v) is 2.91. The topological polar surface area (TPSA) is 35.2 Å². The number of hydrogen-bond donors (Lipinski definition) is 1. The molecule has 1 saturated carbocycles. The maximum absolute atomic E-state index is 5.78. The minimum atomic E-state index is 0.340. The molecule has 0 aliphatic heterocycles. The highest BCUT2D eigenvalue weighted by Crippen LogP contribution is 2.25. The van der Waals surface area contributed by atoms with E-state index >= 15 is 0 Å².